The third-order valence-corrected chi connectivity index (χ3v) is 5.70. The standard InChI is InChI=1S/C21H17F3N2O5S/c1-2-29-18(27)6-7-26-14-9-15-16(31-11-30-15)10-17(14)32-20(26)25-19(28)12-4-3-5-13(8-12)21(22,23)24/h3-5,8-10H,2,6-7,11H2,1H3. The van der Waals surface area contributed by atoms with E-state index in [2.05, 4.69) is 4.99 Å². The predicted molar refractivity (Wildman–Crippen MR) is 109 cm³/mol. The lowest BCUT2D eigenvalue weighted by molar-refractivity contribution is -0.143. The first-order valence-corrected chi connectivity index (χ1v) is 10.4. The zero-order chi connectivity index (χ0) is 22.9. The molecule has 0 aliphatic carbocycles. The first kappa shape index (κ1) is 21.9. The summed E-state index contributed by atoms with van der Waals surface area (Å²) >= 11 is 1.15. The van der Waals surface area contributed by atoms with Gasteiger partial charge in [0.05, 0.1) is 28.8 Å². The van der Waals surface area contributed by atoms with Crippen LogP contribution in [0.1, 0.15) is 29.3 Å². The highest BCUT2D eigenvalue weighted by Crippen LogP contribution is 2.37. The number of alkyl halides is 3. The van der Waals surface area contributed by atoms with Crippen molar-refractivity contribution >= 4 is 33.4 Å². The van der Waals surface area contributed by atoms with Gasteiger partial charge in [0.25, 0.3) is 5.91 Å². The molecule has 11 heteroatoms. The van der Waals surface area contributed by atoms with Gasteiger partial charge in [0.2, 0.25) is 6.79 Å². The molecule has 3 aromatic rings. The highest BCUT2D eigenvalue weighted by molar-refractivity contribution is 7.16. The normalized spacial score (nSPS) is 13.6. The molecule has 32 heavy (non-hydrogen) atoms. The Morgan fingerprint density at radius 2 is 1.94 bits per heavy atom. The van der Waals surface area contributed by atoms with Gasteiger partial charge in [0, 0.05) is 24.2 Å². The lowest BCUT2D eigenvalue weighted by atomic mass is 10.1. The molecule has 0 atom stereocenters. The third kappa shape index (κ3) is 4.47. The number of hydrogen-bond donors (Lipinski definition) is 0. The van der Waals surface area contributed by atoms with E-state index < -0.39 is 23.6 Å². The molecular formula is C21H17F3N2O5S. The minimum Gasteiger partial charge on any atom is -0.466 e. The largest absolute Gasteiger partial charge is 0.466 e. The van der Waals surface area contributed by atoms with Crippen molar-refractivity contribution in [1.82, 2.24) is 4.57 Å². The summed E-state index contributed by atoms with van der Waals surface area (Å²) < 4.78 is 57.1. The molecule has 1 aliphatic rings. The minimum atomic E-state index is -4.58. The van der Waals surface area contributed by atoms with Crippen LogP contribution in [0.3, 0.4) is 0 Å². The number of thiazole rings is 1. The molecule has 0 saturated carbocycles. The van der Waals surface area contributed by atoms with E-state index in [1.165, 1.54) is 6.07 Å². The van der Waals surface area contributed by atoms with Crippen LogP contribution in [0.5, 0.6) is 11.5 Å². The van der Waals surface area contributed by atoms with E-state index in [1.54, 1.807) is 23.6 Å². The van der Waals surface area contributed by atoms with Crippen LogP contribution in [-0.4, -0.2) is 29.8 Å². The molecule has 168 valence electrons. The molecule has 0 N–H and O–H groups in total. The Labute approximate surface area is 183 Å². The van der Waals surface area contributed by atoms with Crippen molar-refractivity contribution in [1.29, 1.82) is 0 Å². The minimum absolute atomic E-state index is 0.0268. The monoisotopic (exact) mass is 466 g/mol. The van der Waals surface area contributed by atoms with E-state index in [-0.39, 0.29) is 36.7 Å². The van der Waals surface area contributed by atoms with Crippen LogP contribution >= 0.6 is 11.3 Å². The molecule has 0 bridgehead atoms. The number of benzene rings is 2. The molecule has 0 saturated heterocycles. The second kappa shape index (κ2) is 8.65. The molecular weight excluding hydrogens is 449 g/mol. The summed E-state index contributed by atoms with van der Waals surface area (Å²) in [4.78, 5) is 28.8. The molecule has 1 amide bonds. The number of rotatable bonds is 5. The number of aromatic nitrogens is 1. The fourth-order valence-electron chi connectivity index (χ4n) is 3.18. The second-order valence-electron chi connectivity index (χ2n) is 6.76. The quantitative estimate of drug-likeness (QED) is 0.528. The van der Waals surface area contributed by atoms with Gasteiger partial charge in [-0.25, -0.2) is 0 Å². The number of nitrogens with zero attached hydrogens (tertiary/aromatic N) is 2. The first-order valence-electron chi connectivity index (χ1n) is 9.61. The van der Waals surface area contributed by atoms with Crippen molar-refractivity contribution in [3.63, 3.8) is 0 Å². The average molecular weight is 466 g/mol. The summed E-state index contributed by atoms with van der Waals surface area (Å²) in [5, 5.41) is 0. The van der Waals surface area contributed by atoms with Crippen molar-refractivity contribution in [2.75, 3.05) is 13.4 Å². The zero-order valence-electron chi connectivity index (χ0n) is 16.8. The van der Waals surface area contributed by atoms with Crippen LogP contribution < -0.4 is 14.3 Å². The number of hydrogen-bond acceptors (Lipinski definition) is 6. The number of aryl methyl sites for hydroxylation is 1. The Balaban J connectivity index is 1.76. The lowest BCUT2D eigenvalue weighted by Gasteiger charge is -2.07. The van der Waals surface area contributed by atoms with Crippen molar-refractivity contribution < 1.29 is 37.0 Å². The Hall–Kier alpha value is -3.34. The van der Waals surface area contributed by atoms with Crippen LogP contribution in [0.2, 0.25) is 0 Å². The highest BCUT2D eigenvalue weighted by atomic mass is 32.1. The van der Waals surface area contributed by atoms with Crippen LogP contribution in [0.25, 0.3) is 10.2 Å². The average Bonchev–Trinajstić information content (AvgIpc) is 3.33. The zero-order valence-corrected chi connectivity index (χ0v) is 17.6. The van der Waals surface area contributed by atoms with Gasteiger partial charge in [0.15, 0.2) is 16.3 Å². The SMILES string of the molecule is CCOC(=O)CCn1c(=NC(=O)c2cccc(C(F)(F)F)c2)sc2cc3c(cc21)OCO3. The maximum absolute atomic E-state index is 13.0. The summed E-state index contributed by atoms with van der Waals surface area (Å²) in [6.07, 6.45) is -4.55. The van der Waals surface area contributed by atoms with Crippen LogP contribution in [0.15, 0.2) is 41.4 Å². The molecule has 0 fully saturated rings. The van der Waals surface area contributed by atoms with Crippen molar-refractivity contribution in [2.24, 2.45) is 4.99 Å². The molecule has 2 aromatic carbocycles. The Morgan fingerprint density at radius 3 is 2.66 bits per heavy atom. The van der Waals surface area contributed by atoms with Gasteiger partial charge in [-0.1, -0.05) is 17.4 Å². The van der Waals surface area contributed by atoms with E-state index >= 15 is 0 Å². The smallest absolute Gasteiger partial charge is 0.416 e. The molecule has 2 heterocycles. The van der Waals surface area contributed by atoms with E-state index in [0.29, 0.717) is 21.7 Å². The number of fused-ring (bicyclic) bond motifs is 2. The van der Waals surface area contributed by atoms with Gasteiger partial charge in [-0.2, -0.15) is 18.2 Å². The number of carbonyl (C=O) groups excluding carboxylic acids is 2. The van der Waals surface area contributed by atoms with Crippen molar-refractivity contribution in [2.45, 2.75) is 26.1 Å². The molecule has 4 rings (SSSR count). The van der Waals surface area contributed by atoms with Gasteiger partial charge in [-0.3, -0.25) is 9.59 Å². The van der Waals surface area contributed by atoms with E-state index in [0.717, 1.165) is 29.5 Å². The van der Waals surface area contributed by atoms with Crippen molar-refractivity contribution in [3.05, 3.63) is 52.3 Å². The number of amides is 1. The summed E-state index contributed by atoms with van der Waals surface area (Å²) in [5.74, 6) is -0.203. The Morgan fingerprint density at radius 1 is 1.19 bits per heavy atom. The summed E-state index contributed by atoms with van der Waals surface area (Å²) in [5.41, 5.74) is -0.474. The molecule has 1 aromatic heterocycles. The molecule has 0 unspecified atom stereocenters. The number of esters is 1. The van der Waals surface area contributed by atoms with Crippen molar-refractivity contribution in [3.8, 4) is 11.5 Å². The predicted octanol–water partition coefficient (Wildman–Crippen LogP) is 4.14. The Kier molecular flexibility index (Phi) is 5.92. The van der Waals surface area contributed by atoms with Crippen LogP contribution in [0, 0.1) is 0 Å². The Bertz CT molecular complexity index is 1260. The summed E-state index contributed by atoms with van der Waals surface area (Å²) in [7, 11) is 0. The molecule has 0 radical (unpaired) electrons. The fourth-order valence-corrected chi connectivity index (χ4v) is 4.24. The number of carbonyl (C=O) groups is 2. The van der Waals surface area contributed by atoms with Gasteiger partial charge in [0.1, 0.15) is 0 Å². The summed E-state index contributed by atoms with van der Waals surface area (Å²) in [6.45, 7) is 2.17. The van der Waals surface area contributed by atoms with Gasteiger partial charge in [-0.05, 0) is 25.1 Å². The highest BCUT2D eigenvalue weighted by Gasteiger charge is 2.31. The lowest BCUT2D eigenvalue weighted by Crippen LogP contribution is -2.19. The van der Waals surface area contributed by atoms with Crippen LogP contribution in [0.4, 0.5) is 13.2 Å². The number of halogens is 3. The summed E-state index contributed by atoms with van der Waals surface area (Å²) in [6, 6.07) is 7.53. The fraction of sp³-hybridized carbons (Fsp3) is 0.286. The van der Waals surface area contributed by atoms with E-state index in [9.17, 15) is 22.8 Å². The van der Waals surface area contributed by atoms with Gasteiger partial charge < -0.3 is 18.8 Å². The van der Waals surface area contributed by atoms with E-state index in [4.69, 9.17) is 14.2 Å². The third-order valence-electron chi connectivity index (χ3n) is 4.66. The van der Waals surface area contributed by atoms with Gasteiger partial charge >= 0.3 is 12.1 Å². The molecule has 1 aliphatic heterocycles. The molecule has 7 nitrogen and oxygen atoms in total. The van der Waals surface area contributed by atoms with Gasteiger partial charge in [-0.15, -0.1) is 0 Å². The topological polar surface area (TPSA) is 79.1 Å². The number of ether oxygens (including phenoxy) is 3. The first-order chi connectivity index (χ1) is 15.3. The van der Waals surface area contributed by atoms with E-state index in [1.807, 2.05) is 0 Å². The maximum Gasteiger partial charge on any atom is 0.416 e. The molecule has 0 spiro atoms. The maximum atomic E-state index is 13.0. The second-order valence-corrected chi connectivity index (χ2v) is 7.77. The van der Waals surface area contributed by atoms with Crippen LogP contribution in [-0.2, 0) is 22.3 Å².